The predicted molar refractivity (Wildman–Crippen MR) is 122 cm³/mol. The molecular formula is C23H38N2O8. The van der Waals surface area contributed by atoms with Gasteiger partial charge in [-0.05, 0) is 26.3 Å². The second kappa shape index (κ2) is 18.1. The first-order chi connectivity index (χ1) is 15.9. The normalized spacial score (nSPS) is 11.1. The largest absolute Gasteiger partial charge is 0.445 e. The van der Waals surface area contributed by atoms with Gasteiger partial charge in [0, 0.05) is 13.1 Å². The summed E-state index contributed by atoms with van der Waals surface area (Å²) >= 11 is 0. The Morgan fingerprint density at radius 2 is 1.15 bits per heavy atom. The standard InChI is InChI=1S/C23H38N2O8/c1-23(2,3)33-22(27)25-10-12-29-14-16-31-18-17-30-15-13-28-11-9-24-21(26)32-19-20-7-5-4-6-8-20/h4-8H,9-19H2,1-3H3,(H,24,26)(H,25,27). The molecule has 1 rings (SSSR count). The van der Waals surface area contributed by atoms with E-state index in [9.17, 15) is 9.59 Å². The van der Waals surface area contributed by atoms with E-state index < -0.39 is 17.8 Å². The van der Waals surface area contributed by atoms with Crippen LogP contribution in [-0.2, 0) is 35.0 Å². The molecule has 0 fully saturated rings. The smallest absolute Gasteiger partial charge is 0.407 e. The molecule has 2 amide bonds. The minimum atomic E-state index is -0.511. The first-order valence-electron chi connectivity index (χ1n) is 11.1. The number of hydrogen-bond acceptors (Lipinski definition) is 8. The molecule has 0 saturated heterocycles. The zero-order chi connectivity index (χ0) is 24.2. The van der Waals surface area contributed by atoms with E-state index in [4.69, 9.17) is 28.4 Å². The van der Waals surface area contributed by atoms with Gasteiger partial charge in [0.05, 0.1) is 52.9 Å². The van der Waals surface area contributed by atoms with Gasteiger partial charge in [0.25, 0.3) is 0 Å². The summed E-state index contributed by atoms with van der Waals surface area (Å²) in [7, 11) is 0. The zero-order valence-corrected chi connectivity index (χ0v) is 19.9. The third-order valence-corrected chi connectivity index (χ3v) is 3.76. The molecule has 0 radical (unpaired) electrons. The molecule has 0 atom stereocenters. The van der Waals surface area contributed by atoms with Crippen molar-refractivity contribution in [1.82, 2.24) is 10.6 Å². The maximum Gasteiger partial charge on any atom is 0.407 e. The van der Waals surface area contributed by atoms with Gasteiger partial charge in [0.15, 0.2) is 0 Å². The number of carbonyl (C=O) groups is 2. The van der Waals surface area contributed by atoms with E-state index in [2.05, 4.69) is 10.6 Å². The van der Waals surface area contributed by atoms with E-state index in [1.54, 1.807) is 0 Å². The summed E-state index contributed by atoms with van der Waals surface area (Å²) in [5.41, 5.74) is 0.424. The molecular weight excluding hydrogens is 432 g/mol. The van der Waals surface area contributed by atoms with Crippen molar-refractivity contribution in [1.29, 1.82) is 0 Å². The van der Waals surface area contributed by atoms with E-state index in [0.29, 0.717) is 65.9 Å². The Morgan fingerprint density at radius 1 is 0.697 bits per heavy atom. The zero-order valence-electron chi connectivity index (χ0n) is 19.9. The molecule has 1 aromatic rings. The Morgan fingerprint density at radius 3 is 1.64 bits per heavy atom. The summed E-state index contributed by atoms with van der Waals surface area (Å²) < 4.78 is 31.7. The quantitative estimate of drug-likeness (QED) is 0.334. The molecule has 188 valence electrons. The van der Waals surface area contributed by atoms with Crippen LogP contribution < -0.4 is 10.6 Å². The molecule has 10 nitrogen and oxygen atoms in total. The highest BCUT2D eigenvalue weighted by Gasteiger charge is 2.15. The number of hydrogen-bond donors (Lipinski definition) is 2. The molecule has 0 spiro atoms. The van der Waals surface area contributed by atoms with E-state index in [1.807, 2.05) is 51.1 Å². The van der Waals surface area contributed by atoms with Crippen LogP contribution in [0.2, 0.25) is 0 Å². The van der Waals surface area contributed by atoms with Gasteiger partial charge in [-0.15, -0.1) is 0 Å². The lowest BCUT2D eigenvalue weighted by Gasteiger charge is -2.19. The monoisotopic (exact) mass is 470 g/mol. The van der Waals surface area contributed by atoms with Gasteiger partial charge in [0.2, 0.25) is 0 Å². The summed E-state index contributed by atoms with van der Waals surface area (Å²) in [5.74, 6) is 0. The lowest BCUT2D eigenvalue weighted by Crippen LogP contribution is -2.34. The van der Waals surface area contributed by atoms with Crippen LogP contribution in [0.25, 0.3) is 0 Å². The average Bonchev–Trinajstić information content (AvgIpc) is 2.77. The third-order valence-electron chi connectivity index (χ3n) is 3.76. The molecule has 0 bridgehead atoms. The Labute approximate surface area is 196 Å². The molecule has 1 aromatic carbocycles. The molecule has 0 heterocycles. The summed E-state index contributed by atoms with van der Waals surface area (Å²) in [5, 5.41) is 5.24. The summed E-state index contributed by atoms with van der Waals surface area (Å²) in [6.07, 6.45) is -0.930. The Hall–Kier alpha value is -2.40. The van der Waals surface area contributed by atoms with Crippen LogP contribution in [0.5, 0.6) is 0 Å². The minimum Gasteiger partial charge on any atom is -0.445 e. The van der Waals surface area contributed by atoms with Crippen LogP contribution in [0.3, 0.4) is 0 Å². The topological polar surface area (TPSA) is 114 Å². The van der Waals surface area contributed by atoms with Crippen LogP contribution in [-0.4, -0.2) is 83.7 Å². The number of ether oxygens (including phenoxy) is 6. The molecule has 0 unspecified atom stereocenters. The van der Waals surface area contributed by atoms with E-state index in [0.717, 1.165) is 5.56 Å². The fourth-order valence-electron chi connectivity index (χ4n) is 2.30. The molecule has 10 heteroatoms. The van der Waals surface area contributed by atoms with Crippen LogP contribution in [0, 0.1) is 0 Å². The maximum atomic E-state index is 11.6. The molecule has 0 saturated carbocycles. The molecule has 0 aliphatic rings. The van der Waals surface area contributed by atoms with Gasteiger partial charge in [-0.3, -0.25) is 0 Å². The SMILES string of the molecule is CC(C)(C)OC(=O)NCCOCCOCCOCCOCCNC(=O)OCc1ccccc1. The lowest BCUT2D eigenvalue weighted by molar-refractivity contribution is -0.00149. The van der Waals surface area contributed by atoms with Gasteiger partial charge < -0.3 is 39.1 Å². The van der Waals surface area contributed by atoms with E-state index in [-0.39, 0.29) is 6.61 Å². The third kappa shape index (κ3) is 18.8. The second-order valence-corrected chi connectivity index (χ2v) is 7.87. The highest BCUT2D eigenvalue weighted by atomic mass is 16.6. The van der Waals surface area contributed by atoms with Crippen LogP contribution in [0.4, 0.5) is 9.59 Å². The average molecular weight is 471 g/mol. The van der Waals surface area contributed by atoms with Crippen molar-refractivity contribution in [2.75, 3.05) is 65.9 Å². The number of nitrogens with one attached hydrogen (secondary N) is 2. The van der Waals surface area contributed by atoms with Crippen molar-refractivity contribution in [3.8, 4) is 0 Å². The van der Waals surface area contributed by atoms with Crippen LogP contribution in [0.1, 0.15) is 26.3 Å². The molecule has 0 aromatic heterocycles. The fraction of sp³-hybridized carbons (Fsp3) is 0.652. The van der Waals surface area contributed by atoms with Crippen molar-refractivity contribution in [2.24, 2.45) is 0 Å². The van der Waals surface area contributed by atoms with Gasteiger partial charge in [-0.2, -0.15) is 0 Å². The van der Waals surface area contributed by atoms with Crippen molar-refractivity contribution in [3.63, 3.8) is 0 Å². The number of amides is 2. The second-order valence-electron chi connectivity index (χ2n) is 7.87. The van der Waals surface area contributed by atoms with Crippen molar-refractivity contribution in [2.45, 2.75) is 33.0 Å². The van der Waals surface area contributed by atoms with Gasteiger partial charge in [-0.1, -0.05) is 30.3 Å². The number of rotatable bonds is 17. The fourth-order valence-corrected chi connectivity index (χ4v) is 2.30. The summed E-state index contributed by atoms with van der Waals surface area (Å²) in [6.45, 7) is 9.81. The van der Waals surface area contributed by atoms with Crippen LogP contribution >= 0.6 is 0 Å². The number of carbonyl (C=O) groups excluding carboxylic acids is 2. The molecule has 33 heavy (non-hydrogen) atoms. The molecule has 0 aliphatic carbocycles. The van der Waals surface area contributed by atoms with Gasteiger partial charge >= 0.3 is 12.2 Å². The Kier molecular flexibility index (Phi) is 15.7. The molecule has 2 N–H and O–H groups in total. The molecule has 0 aliphatic heterocycles. The van der Waals surface area contributed by atoms with E-state index in [1.165, 1.54) is 0 Å². The summed E-state index contributed by atoms with van der Waals surface area (Å²) in [6, 6.07) is 9.48. The predicted octanol–water partition coefficient (Wildman–Crippen LogP) is 2.50. The summed E-state index contributed by atoms with van der Waals surface area (Å²) in [4.78, 5) is 23.0. The first-order valence-corrected chi connectivity index (χ1v) is 11.1. The van der Waals surface area contributed by atoms with Crippen molar-refractivity contribution >= 4 is 12.2 Å². The number of benzene rings is 1. The Balaban J connectivity index is 1.77. The number of alkyl carbamates (subject to hydrolysis) is 2. The highest BCUT2D eigenvalue weighted by Crippen LogP contribution is 2.06. The van der Waals surface area contributed by atoms with E-state index >= 15 is 0 Å². The van der Waals surface area contributed by atoms with Gasteiger partial charge in [0.1, 0.15) is 12.2 Å². The van der Waals surface area contributed by atoms with Crippen molar-refractivity contribution < 1.29 is 38.0 Å². The Bertz CT molecular complexity index is 637. The lowest BCUT2D eigenvalue weighted by atomic mass is 10.2. The minimum absolute atomic E-state index is 0.237. The van der Waals surface area contributed by atoms with Crippen LogP contribution in [0.15, 0.2) is 30.3 Å². The maximum absolute atomic E-state index is 11.6. The highest BCUT2D eigenvalue weighted by molar-refractivity contribution is 5.67. The first kappa shape index (κ1) is 28.6. The van der Waals surface area contributed by atoms with Crippen molar-refractivity contribution in [3.05, 3.63) is 35.9 Å². The van der Waals surface area contributed by atoms with Gasteiger partial charge in [-0.25, -0.2) is 9.59 Å².